The van der Waals surface area contributed by atoms with Gasteiger partial charge in [0.2, 0.25) is 5.91 Å². The number of rotatable bonds is 5. The summed E-state index contributed by atoms with van der Waals surface area (Å²) >= 11 is 0. The molecule has 2 amide bonds. The molecule has 2 heterocycles. The van der Waals surface area contributed by atoms with Crippen LogP contribution in [-0.4, -0.2) is 44.3 Å². The fourth-order valence-corrected chi connectivity index (χ4v) is 3.29. The lowest BCUT2D eigenvalue weighted by molar-refractivity contribution is -0.122. The van der Waals surface area contributed by atoms with Crippen LogP contribution in [0.15, 0.2) is 48.5 Å². The van der Waals surface area contributed by atoms with E-state index in [-0.39, 0.29) is 24.4 Å². The van der Waals surface area contributed by atoms with Gasteiger partial charge in [-0.1, -0.05) is 35.5 Å². The van der Waals surface area contributed by atoms with Gasteiger partial charge < -0.3 is 10.2 Å². The van der Waals surface area contributed by atoms with Gasteiger partial charge in [0.1, 0.15) is 12.1 Å². The van der Waals surface area contributed by atoms with Gasteiger partial charge in [-0.25, -0.2) is 4.68 Å². The lowest BCUT2D eigenvalue weighted by atomic mass is 10.1. The summed E-state index contributed by atoms with van der Waals surface area (Å²) in [6, 6.07) is 15.0. The lowest BCUT2D eigenvalue weighted by Gasteiger charge is -2.18. The van der Waals surface area contributed by atoms with Crippen molar-refractivity contribution in [3.8, 4) is 0 Å². The number of benzene rings is 2. The highest BCUT2D eigenvalue weighted by Crippen LogP contribution is 2.21. The molecule has 2 aromatic carbocycles. The number of carbonyl (C=O) groups is 2. The molecule has 0 unspecified atom stereocenters. The molecule has 0 fully saturated rings. The van der Waals surface area contributed by atoms with Crippen LogP contribution in [0.3, 0.4) is 0 Å². The van der Waals surface area contributed by atoms with E-state index < -0.39 is 0 Å². The van der Waals surface area contributed by atoms with E-state index >= 15 is 0 Å². The lowest BCUT2D eigenvalue weighted by Crippen LogP contribution is -2.42. The molecule has 7 nitrogen and oxygen atoms in total. The van der Waals surface area contributed by atoms with Crippen molar-refractivity contribution in [3.05, 3.63) is 59.7 Å². The molecule has 0 radical (unpaired) electrons. The van der Waals surface area contributed by atoms with E-state index in [0.29, 0.717) is 18.7 Å². The highest BCUT2D eigenvalue weighted by Gasteiger charge is 2.28. The van der Waals surface area contributed by atoms with Gasteiger partial charge in [-0.05, 0) is 30.7 Å². The fraction of sp³-hybridized carbons (Fsp3) is 0.263. The smallest absolute Gasteiger partial charge is 0.254 e. The van der Waals surface area contributed by atoms with E-state index in [2.05, 4.69) is 15.6 Å². The number of hydrogen-bond acceptors (Lipinski definition) is 4. The Labute approximate surface area is 150 Å². The van der Waals surface area contributed by atoms with Crippen LogP contribution in [0.1, 0.15) is 22.8 Å². The molecule has 1 aliphatic heterocycles. The normalized spacial score (nSPS) is 14.5. The zero-order valence-corrected chi connectivity index (χ0v) is 14.4. The van der Waals surface area contributed by atoms with Gasteiger partial charge in [-0.3, -0.25) is 9.59 Å². The van der Waals surface area contributed by atoms with E-state index in [1.54, 1.807) is 15.6 Å². The molecule has 1 atom stereocenters. The van der Waals surface area contributed by atoms with Crippen molar-refractivity contribution in [1.29, 1.82) is 0 Å². The summed E-state index contributed by atoms with van der Waals surface area (Å²) in [6.07, 6.45) is 0. The summed E-state index contributed by atoms with van der Waals surface area (Å²) in [7, 11) is 0. The van der Waals surface area contributed by atoms with E-state index in [9.17, 15) is 9.59 Å². The Morgan fingerprint density at radius 3 is 2.81 bits per heavy atom. The minimum atomic E-state index is -0.178. The maximum atomic E-state index is 12.3. The molecule has 0 bridgehead atoms. The van der Waals surface area contributed by atoms with Gasteiger partial charge in [0.15, 0.2) is 0 Å². The molecule has 7 heteroatoms. The predicted octanol–water partition coefficient (Wildman–Crippen LogP) is 1.59. The molecule has 0 aliphatic carbocycles. The van der Waals surface area contributed by atoms with Crippen molar-refractivity contribution in [2.75, 3.05) is 6.54 Å². The first-order chi connectivity index (χ1) is 12.6. The first kappa shape index (κ1) is 16.3. The number of nitrogens with zero attached hydrogens (tertiary/aromatic N) is 4. The SMILES string of the molecule is C[C@@H](Cn1nnc2ccccc21)NC(=O)CN1Cc2ccccc2C1=O. The predicted molar refractivity (Wildman–Crippen MR) is 96.3 cm³/mol. The molecule has 4 rings (SSSR count). The molecule has 26 heavy (non-hydrogen) atoms. The number of nitrogens with one attached hydrogen (secondary N) is 1. The van der Waals surface area contributed by atoms with Crippen molar-refractivity contribution in [3.63, 3.8) is 0 Å². The van der Waals surface area contributed by atoms with E-state index in [4.69, 9.17) is 0 Å². The summed E-state index contributed by atoms with van der Waals surface area (Å²) < 4.78 is 1.77. The summed E-state index contributed by atoms with van der Waals surface area (Å²) in [6.45, 7) is 2.95. The molecule has 1 N–H and O–H groups in total. The standard InChI is InChI=1S/C19H19N5O2/c1-13(10-24-17-9-5-4-8-16(17)21-22-24)20-18(25)12-23-11-14-6-2-3-7-15(14)19(23)26/h2-9,13H,10-12H2,1H3,(H,20,25)/t13-/m0/s1. The zero-order valence-electron chi connectivity index (χ0n) is 14.4. The monoisotopic (exact) mass is 349 g/mol. The van der Waals surface area contributed by atoms with Crippen LogP contribution in [0.4, 0.5) is 0 Å². The Hall–Kier alpha value is -3.22. The second-order valence-electron chi connectivity index (χ2n) is 6.55. The van der Waals surface area contributed by atoms with E-state index in [0.717, 1.165) is 16.6 Å². The molecule has 3 aromatic rings. The topological polar surface area (TPSA) is 80.1 Å². The van der Waals surface area contributed by atoms with Crippen LogP contribution < -0.4 is 5.32 Å². The van der Waals surface area contributed by atoms with Gasteiger partial charge >= 0.3 is 0 Å². The van der Waals surface area contributed by atoms with Crippen molar-refractivity contribution in [2.24, 2.45) is 0 Å². The molecule has 1 aliphatic rings. The average molecular weight is 349 g/mol. The number of carbonyl (C=O) groups excluding carboxylic acids is 2. The summed E-state index contributed by atoms with van der Waals surface area (Å²) in [5.74, 6) is -0.270. The highest BCUT2D eigenvalue weighted by molar-refractivity contribution is 6.00. The highest BCUT2D eigenvalue weighted by atomic mass is 16.2. The summed E-state index contributed by atoms with van der Waals surface area (Å²) in [5.41, 5.74) is 3.40. The summed E-state index contributed by atoms with van der Waals surface area (Å²) in [4.78, 5) is 26.3. The largest absolute Gasteiger partial charge is 0.350 e. The van der Waals surface area contributed by atoms with Crippen LogP contribution >= 0.6 is 0 Å². The maximum absolute atomic E-state index is 12.3. The van der Waals surface area contributed by atoms with Gasteiger partial charge in [0.05, 0.1) is 12.1 Å². The quantitative estimate of drug-likeness (QED) is 0.759. The van der Waals surface area contributed by atoms with E-state index in [1.165, 1.54) is 0 Å². The van der Waals surface area contributed by atoms with Crippen molar-refractivity contribution >= 4 is 22.8 Å². The number of hydrogen-bond donors (Lipinski definition) is 1. The van der Waals surface area contributed by atoms with Crippen LogP contribution in [0.5, 0.6) is 0 Å². The van der Waals surface area contributed by atoms with Gasteiger partial charge in [-0.2, -0.15) is 0 Å². The Balaban J connectivity index is 1.36. The van der Waals surface area contributed by atoms with Crippen molar-refractivity contribution in [2.45, 2.75) is 26.1 Å². The Kier molecular flexibility index (Phi) is 4.12. The molecular weight excluding hydrogens is 330 g/mol. The maximum Gasteiger partial charge on any atom is 0.254 e. The minimum absolute atomic E-state index is 0.0515. The zero-order chi connectivity index (χ0) is 18.1. The first-order valence-electron chi connectivity index (χ1n) is 8.56. The van der Waals surface area contributed by atoms with Crippen molar-refractivity contribution < 1.29 is 9.59 Å². The number of aromatic nitrogens is 3. The second-order valence-corrected chi connectivity index (χ2v) is 6.55. The molecule has 0 saturated carbocycles. The minimum Gasteiger partial charge on any atom is -0.350 e. The molecule has 0 spiro atoms. The number of para-hydroxylation sites is 1. The van der Waals surface area contributed by atoms with Crippen LogP contribution in [0.25, 0.3) is 11.0 Å². The van der Waals surface area contributed by atoms with Crippen molar-refractivity contribution in [1.82, 2.24) is 25.2 Å². The first-order valence-corrected chi connectivity index (χ1v) is 8.56. The summed E-state index contributed by atoms with van der Waals surface area (Å²) in [5, 5.41) is 11.2. The van der Waals surface area contributed by atoms with Crippen LogP contribution in [0, 0.1) is 0 Å². The Bertz CT molecular complexity index is 981. The third-order valence-electron chi connectivity index (χ3n) is 4.51. The Morgan fingerprint density at radius 1 is 1.19 bits per heavy atom. The number of fused-ring (bicyclic) bond motifs is 2. The molecule has 0 saturated heterocycles. The second kappa shape index (κ2) is 6.59. The number of amides is 2. The van der Waals surface area contributed by atoms with Gasteiger partial charge in [0, 0.05) is 18.2 Å². The van der Waals surface area contributed by atoms with E-state index in [1.807, 2.05) is 49.4 Å². The molecular formula is C19H19N5O2. The third kappa shape index (κ3) is 3.03. The van der Waals surface area contributed by atoms with Gasteiger partial charge in [-0.15, -0.1) is 5.10 Å². The van der Waals surface area contributed by atoms with Gasteiger partial charge in [0.25, 0.3) is 5.91 Å². The molecule has 1 aromatic heterocycles. The van der Waals surface area contributed by atoms with Crippen LogP contribution in [-0.2, 0) is 17.9 Å². The fourth-order valence-electron chi connectivity index (χ4n) is 3.29. The van der Waals surface area contributed by atoms with Crippen LogP contribution in [0.2, 0.25) is 0 Å². The average Bonchev–Trinajstić information content (AvgIpc) is 3.17. The molecule has 132 valence electrons. The Morgan fingerprint density at radius 2 is 1.96 bits per heavy atom. The third-order valence-corrected chi connectivity index (χ3v) is 4.51.